The van der Waals surface area contributed by atoms with Crippen molar-refractivity contribution < 1.29 is 13.2 Å². The number of nitrogens with two attached hydrogens (primary N) is 1. The van der Waals surface area contributed by atoms with Crippen molar-refractivity contribution in [1.82, 2.24) is 4.90 Å². The minimum absolute atomic E-state index is 0.0438. The van der Waals surface area contributed by atoms with Crippen LogP contribution in [0.5, 0.6) is 0 Å². The van der Waals surface area contributed by atoms with Crippen LogP contribution < -0.4 is 5.73 Å². The molecule has 104 valence electrons. The molecular weight excluding hydrogens is 252 g/mol. The second-order valence-electron chi connectivity index (χ2n) is 5.45. The highest BCUT2D eigenvalue weighted by molar-refractivity contribution is 7.91. The standard InChI is InChI=1S/C12H22N2O3S/c13-5-1-10-2-6-14(7-3-10)12(15)11-4-8-18(16,17)9-11/h10-11H,1-9,13H2. The number of hydrogen-bond donors (Lipinski definition) is 1. The van der Waals surface area contributed by atoms with Gasteiger partial charge >= 0.3 is 0 Å². The average molecular weight is 274 g/mol. The minimum atomic E-state index is -2.96. The van der Waals surface area contributed by atoms with Gasteiger partial charge < -0.3 is 10.6 Å². The van der Waals surface area contributed by atoms with Gasteiger partial charge in [0.1, 0.15) is 0 Å². The Labute approximate surface area is 109 Å². The Morgan fingerprint density at radius 2 is 1.89 bits per heavy atom. The van der Waals surface area contributed by atoms with Crippen molar-refractivity contribution >= 4 is 15.7 Å². The lowest BCUT2D eigenvalue weighted by atomic mass is 9.93. The Kier molecular flexibility index (Phi) is 4.27. The van der Waals surface area contributed by atoms with Gasteiger partial charge in [-0.3, -0.25) is 4.79 Å². The first-order valence-corrected chi connectivity index (χ1v) is 8.53. The summed E-state index contributed by atoms with van der Waals surface area (Å²) in [5, 5.41) is 0. The van der Waals surface area contributed by atoms with Crippen LogP contribution in [0.2, 0.25) is 0 Å². The number of piperidine rings is 1. The molecule has 0 aromatic heterocycles. The van der Waals surface area contributed by atoms with Crippen molar-refractivity contribution in [1.29, 1.82) is 0 Å². The van der Waals surface area contributed by atoms with Gasteiger partial charge in [0.05, 0.1) is 17.4 Å². The van der Waals surface area contributed by atoms with E-state index in [1.165, 1.54) is 0 Å². The van der Waals surface area contributed by atoms with Gasteiger partial charge in [0.2, 0.25) is 5.91 Å². The van der Waals surface area contributed by atoms with Crippen LogP contribution in [0.3, 0.4) is 0 Å². The summed E-state index contributed by atoms with van der Waals surface area (Å²) in [6, 6.07) is 0. The number of carbonyl (C=O) groups excluding carboxylic acids is 1. The van der Waals surface area contributed by atoms with Crippen molar-refractivity contribution in [3.05, 3.63) is 0 Å². The molecule has 2 aliphatic heterocycles. The molecule has 0 aromatic rings. The number of carbonyl (C=O) groups is 1. The smallest absolute Gasteiger partial charge is 0.226 e. The molecular formula is C12H22N2O3S. The van der Waals surface area contributed by atoms with Crippen molar-refractivity contribution in [2.45, 2.75) is 25.7 Å². The minimum Gasteiger partial charge on any atom is -0.342 e. The first-order chi connectivity index (χ1) is 8.52. The van der Waals surface area contributed by atoms with Crippen molar-refractivity contribution in [3.63, 3.8) is 0 Å². The van der Waals surface area contributed by atoms with E-state index in [9.17, 15) is 13.2 Å². The Bertz CT molecular complexity index is 400. The zero-order chi connectivity index (χ0) is 13.2. The molecule has 6 heteroatoms. The van der Waals surface area contributed by atoms with Crippen LogP contribution in [0.25, 0.3) is 0 Å². The fraction of sp³-hybridized carbons (Fsp3) is 0.917. The number of rotatable bonds is 3. The van der Waals surface area contributed by atoms with Crippen LogP contribution in [0.15, 0.2) is 0 Å². The molecule has 0 spiro atoms. The SMILES string of the molecule is NCCC1CCN(C(=O)C2CCS(=O)(=O)C2)CC1. The highest BCUT2D eigenvalue weighted by Crippen LogP contribution is 2.25. The second-order valence-corrected chi connectivity index (χ2v) is 7.67. The van der Waals surface area contributed by atoms with Gasteiger partial charge in [-0.25, -0.2) is 8.42 Å². The molecule has 0 aliphatic carbocycles. The van der Waals surface area contributed by atoms with Gasteiger partial charge in [-0.2, -0.15) is 0 Å². The quantitative estimate of drug-likeness (QED) is 0.786. The highest BCUT2D eigenvalue weighted by Gasteiger charge is 2.36. The molecule has 2 N–H and O–H groups in total. The Morgan fingerprint density at radius 3 is 2.39 bits per heavy atom. The number of sulfone groups is 1. The van der Waals surface area contributed by atoms with Gasteiger partial charge in [0.15, 0.2) is 9.84 Å². The molecule has 2 rings (SSSR count). The van der Waals surface area contributed by atoms with E-state index >= 15 is 0 Å². The summed E-state index contributed by atoms with van der Waals surface area (Å²) in [7, 11) is -2.96. The molecule has 0 aromatic carbocycles. The summed E-state index contributed by atoms with van der Waals surface area (Å²) >= 11 is 0. The molecule has 1 unspecified atom stereocenters. The van der Waals surface area contributed by atoms with Gasteiger partial charge in [-0.15, -0.1) is 0 Å². The van der Waals surface area contributed by atoms with E-state index in [4.69, 9.17) is 5.73 Å². The average Bonchev–Trinajstić information content (AvgIpc) is 2.70. The Hall–Kier alpha value is -0.620. The van der Waals surface area contributed by atoms with Crippen LogP contribution in [-0.2, 0) is 14.6 Å². The van der Waals surface area contributed by atoms with Gasteiger partial charge in [0, 0.05) is 13.1 Å². The summed E-state index contributed by atoms with van der Waals surface area (Å²) in [4.78, 5) is 14.0. The molecule has 18 heavy (non-hydrogen) atoms. The Balaban J connectivity index is 1.85. The normalized spacial score (nSPS) is 28.5. The lowest BCUT2D eigenvalue weighted by molar-refractivity contribution is -0.136. The molecule has 2 heterocycles. The number of likely N-dealkylation sites (tertiary alicyclic amines) is 1. The van der Waals surface area contributed by atoms with Crippen LogP contribution in [0.1, 0.15) is 25.7 Å². The van der Waals surface area contributed by atoms with Crippen LogP contribution >= 0.6 is 0 Å². The van der Waals surface area contributed by atoms with E-state index in [1.54, 1.807) is 0 Å². The summed E-state index contributed by atoms with van der Waals surface area (Å²) < 4.78 is 22.8. The molecule has 0 radical (unpaired) electrons. The largest absolute Gasteiger partial charge is 0.342 e. The molecule has 2 aliphatic rings. The van der Waals surface area contributed by atoms with Crippen molar-refractivity contribution in [2.75, 3.05) is 31.1 Å². The maximum Gasteiger partial charge on any atom is 0.226 e. The molecule has 2 fully saturated rings. The second kappa shape index (κ2) is 5.57. The first kappa shape index (κ1) is 13.8. The van der Waals surface area contributed by atoms with E-state index in [-0.39, 0.29) is 23.3 Å². The molecule has 5 nitrogen and oxygen atoms in total. The number of amides is 1. The van der Waals surface area contributed by atoms with Gasteiger partial charge in [-0.05, 0) is 38.1 Å². The molecule has 0 saturated carbocycles. The Morgan fingerprint density at radius 1 is 1.22 bits per heavy atom. The lowest BCUT2D eigenvalue weighted by Gasteiger charge is -2.33. The van der Waals surface area contributed by atoms with Crippen molar-refractivity contribution in [3.8, 4) is 0 Å². The number of nitrogens with zero attached hydrogens (tertiary/aromatic N) is 1. The van der Waals surface area contributed by atoms with E-state index in [0.29, 0.717) is 18.9 Å². The van der Waals surface area contributed by atoms with E-state index in [0.717, 1.165) is 32.4 Å². The molecule has 1 atom stereocenters. The van der Waals surface area contributed by atoms with Crippen LogP contribution in [0.4, 0.5) is 0 Å². The van der Waals surface area contributed by atoms with Crippen LogP contribution in [-0.4, -0.2) is 50.4 Å². The molecule has 1 amide bonds. The predicted octanol–water partition coefficient (Wildman–Crippen LogP) is 0.00850. The fourth-order valence-corrected chi connectivity index (χ4v) is 4.66. The third-order valence-electron chi connectivity index (χ3n) is 4.08. The maximum absolute atomic E-state index is 12.2. The monoisotopic (exact) mass is 274 g/mol. The summed E-state index contributed by atoms with van der Waals surface area (Å²) in [6.45, 7) is 2.24. The fourth-order valence-electron chi connectivity index (χ4n) is 2.93. The molecule has 0 bridgehead atoms. The molecule has 2 saturated heterocycles. The van der Waals surface area contributed by atoms with Gasteiger partial charge in [0.25, 0.3) is 0 Å². The first-order valence-electron chi connectivity index (χ1n) is 6.71. The zero-order valence-electron chi connectivity index (χ0n) is 10.7. The maximum atomic E-state index is 12.2. The predicted molar refractivity (Wildman–Crippen MR) is 69.7 cm³/mol. The third-order valence-corrected chi connectivity index (χ3v) is 5.85. The van der Waals surface area contributed by atoms with E-state index in [2.05, 4.69) is 0 Å². The van der Waals surface area contributed by atoms with Gasteiger partial charge in [-0.1, -0.05) is 0 Å². The topological polar surface area (TPSA) is 80.5 Å². The lowest BCUT2D eigenvalue weighted by Crippen LogP contribution is -2.42. The van der Waals surface area contributed by atoms with E-state index < -0.39 is 9.84 Å². The highest BCUT2D eigenvalue weighted by atomic mass is 32.2. The van der Waals surface area contributed by atoms with Crippen LogP contribution in [0, 0.1) is 11.8 Å². The summed E-state index contributed by atoms with van der Waals surface area (Å²) in [5.74, 6) is 0.608. The summed E-state index contributed by atoms with van der Waals surface area (Å²) in [6.07, 6.45) is 3.54. The zero-order valence-corrected chi connectivity index (χ0v) is 11.5. The number of hydrogen-bond acceptors (Lipinski definition) is 4. The van der Waals surface area contributed by atoms with E-state index in [1.807, 2.05) is 4.90 Å². The third kappa shape index (κ3) is 3.23. The van der Waals surface area contributed by atoms with Crippen molar-refractivity contribution in [2.24, 2.45) is 17.6 Å². The summed E-state index contributed by atoms with van der Waals surface area (Å²) in [5.41, 5.74) is 5.54.